The van der Waals surface area contributed by atoms with Crippen LogP contribution < -0.4 is 9.82 Å². The number of imidazole rings is 1. The highest BCUT2D eigenvalue weighted by Gasteiger charge is 2.54. The molecule has 1 fully saturated rings. The van der Waals surface area contributed by atoms with Gasteiger partial charge in [-0.3, -0.25) is 18.4 Å². The molecule has 7 atom stereocenters. The van der Waals surface area contributed by atoms with Crippen LogP contribution in [-0.4, -0.2) is 98.1 Å². The first-order valence-corrected chi connectivity index (χ1v) is 16.0. The van der Waals surface area contributed by atoms with Crippen LogP contribution in [0.4, 0.5) is 0 Å². The molecule has 0 aromatic carbocycles. The quantitative estimate of drug-likeness (QED) is 0.188. The van der Waals surface area contributed by atoms with Crippen LogP contribution in [-0.2, 0) is 37.4 Å². The fourth-order valence-electron chi connectivity index (χ4n) is 4.64. The number of esters is 2. The van der Waals surface area contributed by atoms with Crippen LogP contribution in [0.3, 0.4) is 0 Å². The molecular weight excluding hydrogens is 601 g/mol. The lowest BCUT2D eigenvalue weighted by molar-refractivity contribution is -0.151. The second-order valence-electron chi connectivity index (χ2n) is 11.4. The van der Waals surface area contributed by atoms with Crippen molar-refractivity contribution >= 4 is 30.8 Å². The third-order valence-electron chi connectivity index (χ3n) is 6.68. The Balaban J connectivity index is 1.89. The predicted molar refractivity (Wildman–Crippen MR) is 155 cm³/mol. The SMILES string of the molecule is CCOC(=O)[C@H](C)OP(=O)(N[C@@H](CC(C)C)C(=O)OC(C)C)OC[C@H]1O[C@@H](n2cnc3c(OC)nc(C)nc32)[C@@](C)(O)C1O. The molecule has 0 saturated carbocycles. The van der Waals surface area contributed by atoms with Crippen molar-refractivity contribution in [3.05, 3.63) is 12.2 Å². The first kappa shape index (κ1) is 35.8. The van der Waals surface area contributed by atoms with Gasteiger partial charge in [0.05, 0.1) is 32.8 Å². The van der Waals surface area contributed by atoms with Crippen molar-refractivity contribution in [3.8, 4) is 5.88 Å². The molecule has 1 saturated heterocycles. The van der Waals surface area contributed by atoms with Gasteiger partial charge in [-0.05, 0) is 53.9 Å². The van der Waals surface area contributed by atoms with Crippen molar-refractivity contribution in [1.29, 1.82) is 0 Å². The topological polar surface area (TPSA) is 203 Å². The van der Waals surface area contributed by atoms with E-state index in [9.17, 15) is 24.4 Å². The van der Waals surface area contributed by atoms with Crippen LogP contribution in [0.1, 0.15) is 66.9 Å². The molecule has 44 heavy (non-hydrogen) atoms. The summed E-state index contributed by atoms with van der Waals surface area (Å²) in [6, 6.07) is -1.13. The van der Waals surface area contributed by atoms with Gasteiger partial charge in [-0.1, -0.05) is 13.8 Å². The highest BCUT2D eigenvalue weighted by molar-refractivity contribution is 7.51. The number of hydrogen-bond donors (Lipinski definition) is 3. The number of carbonyl (C=O) groups is 2. The van der Waals surface area contributed by atoms with E-state index >= 15 is 0 Å². The summed E-state index contributed by atoms with van der Waals surface area (Å²) >= 11 is 0. The van der Waals surface area contributed by atoms with Crippen LogP contribution in [0.15, 0.2) is 6.33 Å². The largest absolute Gasteiger partial charge is 0.479 e. The van der Waals surface area contributed by atoms with E-state index in [1.165, 1.54) is 31.9 Å². The van der Waals surface area contributed by atoms with E-state index in [0.717, 1.165) is 0 Å². The van der Waals surface area contributed by atoms with Gasteiger partial charge in [0.1, 0.15) is 29.7 Å². The van der Waals surface area contributed by atoms with Gasteiger partial charge in [-0.2, -0.15) is 4.98 Å². The maximum Gasteiger partial charge on any atom is 0.407 e. The van der Waals surface area contributed by atoms with E-state index in [1.807, 2.05) is 13.8 Å². The van der Waals surface area contributed by atoms with Crippen molar-refractivity contribution in [2.45, 2.75) is 104 Å². The lowest BCUT2D eigenvalue weighted by Crippen LogP contribution is -2.45. The van der Waals surface area contributed by atoms with E-state index < -0.39 is 68.6 Å². The summed E-state index contributed by atoms with van der Waals surface area (Å²) in [4.78, 5) is 38.1. The highest BCUT2D eigenvalue weighted by atomic mass is 31.2. The highest BCUT2D eigenvalue weighted by Crippen LogP contribution is 2.48. The zero-order valence-electron chi connectivity index (χ0n) is 26.5. The number of fused-ring (bicyclic) bond motifs is 1. The van der Waals surface area contributed by atoms with Gasteiger partial charge in [-0.25, -0.2) is 24.4 Å². The van der Waals surface area contributed by atoms with E-state index in [4.69, 9.17) is 28.0 Å². The summed E-state index contributed by atoms with van der Waals surface area (Å²) in [6.45, 7) is 12.5. The van der Waals surface area contributed by atoms with Crippen molar-refractivity contribution < 1.29 is 52.4 Å². The Morgan fingerprint density at radius 3 is 2.48 bits per heavy atom. The minimum atomic E-state index is -4.50. The molecule has 2 aromatic rings. The number of hydrogen-bond acceptors (Lipinski definition) is 14. The Labute approximate surface area is 256 Å². The standard InChI is InChI=1S/C27H44N5O11P/c1-10-39-24(34)16(6)43-44(37,31-18(11-14(2)3)25(35)41-15(4)5)40-12-19-21(33)27(8,36)26(42-19)32-13-28-20-22(32)29-17(7)30-23(20)38-9/h13-16,18-19,21,26,33,36H,10-12H2,1-9H3,(H,31,37)/t16-,18-,19+,21?,26+,27-,44?/m0/s1. The van der Waals surface area contributed by atoms with Crippen molar-refractivity contribution in [3.63, 3.8) is 0 Å². The molecule has 17 heteroatoms. The fraction of sp³-hybridized carbons (Fsp3) is 0.741. The number of ether oxygens (including phenoxy) is 4. The zero-order chi connectivity index (χ0) is 33.0. The van der Waals surface area contributed by atoms with Gasteiger partial charge in [0.15, 0.2) is 23.5 Å². The fourth-order valence-corrected chi connectivity index (χ4v) is 6.28. The predicted octanol–water partition coefficient (Wildman–Crippen LogP) is 2.20. The molecule has 0 spiro atoms. The average Bonchev–Trinajstić information content (AvgIpc) is 3.43. The summed E-state index contributed by atoms with van der Waals surface area (Å²) in [5.41, 5.74) is -1.30. The Morgan fingerprint density at radius 1 is 1.20 bits per heavy atom. The summed E-state index contributed by atoms with van der Waals surface area (Å²) < 4.78 is 48.4. The second-order valence-corrected chi connectivity index (χ2v) is 13.1. The number of aromatic nitrogens is 4. The molecule has 1 aliphatic rings. The van der Waals surface area contributed by atoms with E-state index in [-0.39, 0.29) is 30.5 Å². The molecule has 3 rings (SSSR count). The lowest BCUT2D eigenvalue weighted by Gasteiger charge is -2.28. The molecule has 3 N–H and O–H groups in total. The first-order valence-electron chi connectivity index (χ1n) is 14.4. The van der Waals surface area contributed by atoms with Gasteiger partial charge in [0.25, 0.3) is 0 Å². The van der Waals surface area contributed by atoms with Crippen molar-refractivity contribution in [2.24, 2.45) is 5.92 Å². The van der Waals surface area contributed by atoms with Gasteiger partial charge in [-0.15, -0.1) is 0 Å². The van der Waals surface area contributed by atoms with Crippen LogP contribution in [0.25, 0.3) is 11.2 Å². The normalized spacial score (nSPS) is 24.8. The molecule has 0 amide bonds. The Bertz CT molecular complexity index is 1350. The number of nitrogens with one attached hydrogen (secondary N) is 1. The van der Waals surface area contributed by atoms with Crippen molar-refractivity contribution in [1.82, 2.24) is 24.6 Å². The maximum absolute atomic E-state index is 14.1. The van der Waals surface area contributed by atoms with Gasteiger partial charge in [0.2, 0.25) is 5.88 Å². The van der Waals surface area contributed by atoms with Crippen LogP contribution >= 0.6 is 7.75 Å². The Hall–Kier alpha value is -2.72. The monoisotopic (exact) mass is 645 g/mol. The first-order chi connectivity index (χ1) is 20.5. The minimum absolute atomic E-state index is 0.0324. The van der Waals surface area contributed by atoms with Crippen LogP contribution in [0, 0.1) is 12.8 Å². The summed E-state index contributed by atoms with van der Waals surface area (Å²) in [5.74, 6) is -0.930. The molecule has 3 heterocycles. The summed E-state index contributed by atoms with van der Waals surface area (Å²) in [6.07, 6.45) is -4.25. The molecule has 2 unspecified atom stereocenters. The van der Waals surface area contributed by atoms with Crippen molar-refractivity contribution in [2.75, 3.05) is 20.3 Å². The van der Waals surface area contributed by atoms with Gasteiger partial charge in [0, 0.05) is 0 Å². The average molecular weight is 646 g/mol. The summed E-state index contributed by atoms with van der Waals surface area (Å²) in [5, 5.41) is 25.0. The summed E-state index contributed by atoms with van der Waals surface area (Å²) in [7, 11) is -3.06. The number of carbonyl (C=O) groups excluding carboxylic acids is 2. The molecule has 1 aliphatic heterocycles. The minimum Gasteiger partial charge on any atom is -0.479 e. The number of rotatable bonds is 15. The molecule has 0 radical (unpaired) electrons. The van der Waals surface area contributed by atoms with E-state index in [0.29, 0.717) is 11.3 Å². The molecule has 248 valence electrons. The third-order valence-corrected chi connectivity index (χ3v) is 8.39. The van der Waals surface area contributed by atoms with E-state index in [2.05, 4.69) is 20.0 Å². The third kappa shape index (κ3) is 8.30. The zero-order valence-corrected chi connectivity index (χ0v) is 27.4. The number of aliphatic hydroxyl groups is 2. The number of aryl methyl sites for hydroxylation is 1. The Morgan fingerprint density at radius 2 is 1.89 bits per heavy atom. The number of aliphatic hydroxyl groups excluding tert-OH is 1. The lowest BCUT2D eigenvalue weighted by atomic mass is 9.96. The van der Waals surface area contributed by atoms with Crippen LogP contribution in [0.5, 0.6) is 5.88 Å². The maximum atomic E-state index is 14.1. The molecule has 0 bridgehead atoms. The molecule has 2 aromatic heterocycles. The molecule has 16 nitrogen and oxygen atoms in total. The van der Waals surface area contributed by atoms with Crippen LogP contribution in [0.2, 0.25) is 0 Å². The van der Waals surface area contributed by atoms with Gasteiger partial charge < -0.3 is 29.2 Å². The smallest absolute Gasteiger partial charge is 0.407 e. The number of methoxy groups -OCH3 is 1. The Kier molecular flexibility index (Phi) is 11.9. The van der Waals surface area contributed by atoms with E-state index in [1.54, 1.807) is 27.7 Å². The molecule has 0 aliphatic carbocycles. The second kappa shape index (κ2) is 14.6. The number of nitrogens with zero attached hydrogens (tertiary/aromatic N) is 4. The van der Waals surface area contributed by atoms with Gasteiger partial charge >= 0.3 is 19.7 Å². The molecular formula is C27H44N5O11P.